The van der Waals surface area contributed by atoms with E-state index in [2.05, 4.69) is 16.8 Å². The molecule has 1 amide bonds. The molecule has 0 radical (unpaired) electrons. The van der Waals surface area contributed by atoms with E-state index >= 15 is 0 Å². The summed E-state index contributed by atoms with van der Waals surface area (Å²) in [6, 6.07) is 0. The van der Waals surface area contributed by atoms with Gasteiger partial charge in [0.1, 0.15) is 0 Å². The topological polar surface area (TPSA) is 23.6 Å². The second kappa shape index (κ2) is 5.20. The van der Waals surface area contributed by atoms with Crippen LogP contribution in [-0.2, 0) is 4.79 Å². The van der Waals surface area contributed by atoms with Crippen molar-refractivity contribution in [2.24, 2.45) is 17.8 Å². The van der Waals surface area contributed by atoms with E-state index in [0.717, 1.165) is 31.3 Å². The monoisotopic (exact) mass is 250 g/mol. The molecule has 2 heterocycles. The van der Waals surface area contributed by atoms with Gasteiger partial charge in [0.15, 0.2) is 0 Å². The Hall–Kier alpha value is -0.570. The molecule has 0 N–H and O–H groups in total. The molecule has 1 saturated carbocycles. The number of fused-ring (bicyclic) bond motifs is 1. The Bertz CT molecular complexity index is 312. The van der Waals surface area contributed by atoms with Crippen LogP contribution in [0.3, 0.4) is 0 Å². The molecule has 3 nitrogen and oxygen atoms in total. The molecule has 0 aromatic heterocycles. The molecule has 3 aliphatic rings. The van der Waals surface area contributed by atoms with Crippen molar-refractivity contribution in [1.29, 1.82) is 0 Å². The van der Waals surface area contributed by atoms with E-state index in [1.807, 2.05) is 0 Å². The van der Waals surface area contributed by atoms with Gasteiger partial charge < -0.3 is 9.80 Å². The van der Waals surface area contributed by atoms with E-state index in [-0.39, 0.29) is 0 Å². The molecule has 0 aromatic rings. The van der Waals surface area contributed by atoms with Crippen molar-refractivity contribution < 1.29 is 4.79 Å². The quantitative estimate of drug-likeness (QED) is 0.748. The Morgan fingerprint density at radius 1 is 1.06 bits per heavy atom. The largest absolute Gasteiger partial charge is 0.342 e. The van der Waals surface area contributed by atoms with Crippen molar-refractivity contribution in [3.05, 3.63) is 0 Å². The molecule has 18 heavy (non-hydrogen) atoms. The van der Waals surface area contributed by atoms with Gasteiger partial charge in [0.25, 0.3) is 0 Å². The Balaban J connectivity index is 1.52. The summed E-state index contributed by atoms with van der Waals surface area (Å²) in [6.07, 6.45) is 7.37. The number of hydrogen-bond acceptors (Lipinski definition) is 2. The van der Waals surface area contributed by atoms with E-state index in [1.165, 1.54) is 45.2 Å². The summed E-state index contributed by atoms with van der Waals surface area (Å²) in [6.45, 7) is 4.48. The number of carbonyl (C=O) groups excluding carboxylic acids is 1. The van der Waals surface area contributed by atoms with Crippen molar-refractivity contribution in [2.75, 3.05) is 33.2 Å². The lowest BCUT2D eigenvalue weighted by atomic mass is 9.89. The van der Waals surface area contributed by atoms with E-state index < -0.39 is 0 Å². The third-order valence-corrected chi connectivity index (χ3v) is 5.29. The van der Waals surface area contributed by atoms with E-state index in [4.69, 9.17) is 0 Å². The number of rotatable bonds is 2. The summed E-state index contributed by atoms with van der Waals surface area (Å²) >= 11 is 0. The minimum atomic E-state index is 0.443. The summed E-state index contributed by atoms with van der Waals surface area (Å²) in [7, 11) is 2.21. The first-order valence-electron chi connectivity index (χ1n) is 7.68. The molecular formula is C15H26N2O. The fraction of sp³-hybridized carbons (Fsp3) is 0.933. The van der Waals surface area contributed by atoms with Gasteiger partial charge in [-0.1, -0.05) is 12.8 Å². The zero-order chi connectivity index (χ0) is 12.5. The fourth-order valence-electron chi connectivity index (χ4n) is 4.14. The zero-order valence-corrected chi connectivity index (χ0v) is 11.6. The molecule has 0 bridgehead atoms. The number of hydrogen-bond donors (Lipinski definition) is 0. The minimum Gasteiger partial charge on any atom is -0.342 e. The predicted octanol–water partition coefficient (Wildman–Crippen LogP) is 1.98. The van der Waals surface area contributed by atoms with Crippen LogP contribution in [0.5, 0.6) is 0 Å². The van der Waals surface area contributed by atoms with Gasteiger partial charge in [0.05, 0.1) is 0 Å². The number of piperidine rings is 1. The van der Waals surface area contributed by atoms with Crippen LogP contribution < -0.4 is 0 Å². The first-order valence-corrected chi connectivity index (χ1v) is 7.68. The minimum absolute atomic E-state index is 0.443. The molecule has 0 spiro atoms. The summed E-state index contributed by atoms with van der Waals surface area (Å²) in [4.78, 5) is 16.9. The highest BCUT2D eigenvalue weighted by molar-refractivity contribution is 5.76. The maximum absolute atomic E-state index is 12.3. The smallest absolute Gasteiger partial charge is 0.222 e. The molecule has 3 fully saturated rings. The fourth-order valence-corrected chi connectivity index (χ4v) is 4.14. The Kier molecular flexibility index (Phi) is 3.60. The maximum Gasteiger partial charge on any atom is 0.222 e. The van der Waals surface area contributed by atoms with Gasteiger partial charge in [-0.3, -0.25) is 4.79 Å². The third kappa shape index (κ3) is 2.56. The molecule has 3 heteroatoms. The van der Waals surface area contributed by atoms with Crippen LogP contribution in [0.25, 0.3) is 0 Å². The molecule has 2 atom stereocenters. The second-order valence-electron chi connectivity index (χ2n) is 6.72. The van der Waals surface area contributed by atoms with Gasteiger partial charge in [-0.2, -0.15) is 0 Å². The molecular weight excluding hydrogens is 224 g/mol. The van der Waals surface area contributed by atoms with Crippen molar-refractivity contribution >= 4 is 5.91 Å². The number of nitrogens with zero attached hydrogens (tertiary/aromatic N) is 2. The number of likely N-dealkylation sites (tertiary alicyclic amines) is 2. The van der Waals surface area contributed by atoms with Crippen LogP contribution in [0, 0.1) is 17.8 Å². The summed E-state index contributed by atoms with van der Waals surface area (Å²) < 4.78 is 0. The average molecular weight is 250 g/mol. The molecule has 3 rings (SSSR count). The average Bonchev–Trinajstić information content (AvgIpc) is 2.96. The Morgan fingerprint density at radius 2 is 1.78 bits per heavy atom. The van der Waals surface area contributed by atoms with Gasteiger partial charge in [0.2, 0.25) is 5.91 Å². The van der Waals surface area contributed by atoms with Crippen LogP contribution in [0.4, 0.5) is 0 Å². The highest BCUT2D eigenvalue weighted by atomic mass is 16.2. The highest BCUT2D eigenvalue weighted by Gasteiger charge is 2.38. The normalized spacial score (nSPS) is 33.9. The predicted molar refractivity (Wildman–Crippen MR) is 72.2 cm³/mol. The molecule has 2 aliphatic heterocycles. The van der Waals surface area contributed by atoms with Gasteiger partial charge in [-0.25, -0.2) is 0 Å². The van der Waals surface area contributed by atoms with E-state index in [9.17, 15) is 4.79 Å². The van der Waals surface area contributed by atoms with Crippen LogP contribution >= 0.6 is 0 Å². The first-order chi connectivity index (χ1) is 8.72. The summed E-state index contributed by atoms with van der Waals surface area (Å²) in [5, 5.41) is 0. The summed E-state index contributed by atoms with van der Waals surface area (Å²) in [5.41, 5.74) is 0. The lowest BCUT2D eigenvalue weighted by Crippen LogP contribution is -2.37. The molecule has 1 aliphatic carbocycles. The first kappa shape index (κ1) is 12.5. The van der Waals surface area contributed by atoms with Gasteiger partial charge >= 0.3 is 0 Å². The SMILES string of the molecule is CN1CC[C@H]2CN(C(=O)CC3CCCC3)C[C@H]2C1. The van der Waals surface area contributed by atoms with E-state index in [1.54, 1.807) is 0 Å². The van der Waals surface area contributed by atoms with Crippen LogP contribution in [-0.4, -0.2) is 48.9 Å². The van der Waals surface area contributed by atoms with Gasteiger partial charge in [-0.15, -0.1) is 0 Å². The van der Waals surface area contributed by atoms with Crippen LogP contribution in [0.1, 0.15) is 38.5 Å². The maximum atomic E-state index is 12.3. The standard InChI is InChI=1S/C15H26N2O/c1-16-7-6-13-10-17(11-14(13)9-16)15(18)8-12-4-2-3-5-12/h12-14H,2-11H2,1H3/t13-,14+/m0/s1. The molecule has 0 unspecified atom stereocenters. The Morgan fingerprint density at radius 3 is 2.56 bits per heavy atom. The van der Waals surface area contributed by atoms with E-state index in [0.29, 0.717) is 11.8 Å². The molecule has 2 saturated heterocycles. The van der Waals surface area contributed by atoms with Gasteiger partial charge in [-0.05, 0) is 50.6 Å². The van der Waals surface area contributed by atoms with Crippen molar-refractivity contribution in [1.82, 2.24) is 9.80 Å². The summed E-state index contributed by atoms with van der Waals surface area (Å²) in [5.74, 6) is 2.67. The lowest BCUT2D eigenvalue weighted by molar-refractivity contribution is -0.131. The van der Waals surface area contributed by atoms with Crippen LogP contribution in [0.2, 0.25) is 0 Å². The number of amides is 1. The van der Waals surface area contributed by atoms with Crippen molar-refractivity contribution in [2.45, 2.75) is 38.5 Å². The second-order valence-corrected chi connectivity index (χ2v) is 6.72. The lowest BCUT2D eigenvalue weighted by Gasteiger charge is -2.31. The van der Waals surface area contributed by atoms with Crippen LogP contribution in [0.15, 0.2) is 0 Å². The molecule has 102 valence electrons. The highest BCUT2D eigenvalue weighted by Crippen LogP contribution is 2.33. The van der Waals surface area contributed by atoms with Crippen molar-refractivity contribution in [3.8, 4) is 0 Å². The zero-order valence-electron chi connectivity index (χ0n) is 11.6. The van der Waals surface area contributed by atoms with Crippen molar-refractivity contribution in [3.63, 3.8) is 0 Å². The van der Waals surface area contributed by atoms with Gasteiger partial charge in [0, 0.05) is 26.1 Å². The molecule has 0 aromatic carbocycles. The Labute approximate surface area is 111 Å². The number of carbonyl (C=O) groups is 1. The third-order valence-electron chi connectivity index (χ3n) is 5.29.